The highest BCUT2D eigenvalue weighted by Crippen LogP contribution is 2.44. The molecule has 0 atom stereocenters. The van der Waals surface area contributed by atoms with Gasteiger partial charge in [0.1, 0.15) is 5.82 Å². The Bertz CT molecular complexity index is 722. The fourth-order valence-electron chi connectivity index (χ4n) is 4.22. The summed E-state index contributed by atoms with van der Waals surface area (Å²) in [4.78, 5) is 8.90. The molecule has 1 fully saturated rings. The predicted octanol–water partition coefficient (Wildman–Crippen LogP) is 2.41. The Balaban J connectivity index is 1.52. The van der Waals surface area contributed by atoms with Crippen LogP contribution in [0.25, 0.3) is 0 Å². The maximum Gasteiger partial charge on any atom is 0.222 e. The van der Waals surface area contributed by atoms with Gasteiger partial charge >= 0.3 is 0 Å². The third-order valence-electron chi connectivity index (χ3n) is 5.59. The summed E-state index contributed by atoms with van der Waals surface area (Å²) in [6, 6.07) is 11.0. The Hall–Kier alpha value is -2.14. The van der Waals surface area contributed by atoms with Crippen molar-refractivity contribution >= 4 is 11.8 Å². The first-order valence-corrected chi connectivity index (χ1v) is 8.87. The van der Waals surface area contributed by atoms with Crippen LogP contribution in [0.15, 0.2) is 30.3 Å². The van der Waals surface area contributed by atoms with E-state index in [1.165, 1.54) is 24.0 Å². The number of nitrogen functional groups attached to an aromatic ring is 1. The number of hydrogen-bond donors (Lipinski definition) is 3. The minimum atomic E-state index is 0.0948. The second-order valence-electron chi connectivity index (χ2n) is 7.16. The van der Waals surface area contributed by atoms with Crippen molar-refractivity contribution in [1.82, 2.24) is 9.97 Å². The zero-order valence-electron chi connectivity index (χ0n) is 14.0. The van der Waals surface area contributed by atoms with Gasteiger partial charge in [0, 0.05) is 23.6 Å². The molecule has 0 unspecified atom stereocenters. The molecular weight excluding hydrogens is 298 g/mol. The van der Waals surface area contributed by atoms with Crippen molar-refractivity contribution < 1.29 is 0 Å². The summed E-state index contributed by atoms with van der Waals surface area (Å²) in [6.45, 7) is 0.680. The summed E-state index contributed by atoms with van der Waals surface area (Å²) < 4.78 is 0. The van der Waals surface area contributed by atoms with Crippen molar-refractivity contribution in [2.45, 2.75) is 50.0 Å². The van der Waals surface area contributed by atoms with Crippen molar-refractivity contribution in [2.75, 3.05) is 17.6 Å². The molecule has 1 heterocycles. The first-order chi connectivity index (χ1) is 11.7. The highest BCUT2D eigenvalue weighted by Gasteiger charge is 2.44. The van der Waals surface area contributed by atoms with Crippen molar-refractivity contribution in [3.63, 3.8) is 0 Å². The molecule has 0 amide bonds. The van der Waals surface area contributed by atoms with Gasteiger partial charge in [0.2, 0.25) is 5.95 Å². The van der Waals surface area contributed by atoms with E-state index < -0.39 is 0 Å². The van der Waals surface area contributed by atoms with E-state index in [9.17, 15) is 0 Å². The largest absolute Gasteiger partial charge is 0.368 e. The number of nitrogens with zero attached hydrogens (tertiary/aromatic N) is 2. The lowest BCUT2D eigenvalue weighted by Gasteiger charge is -2.48. The van der Waals surface area contributed by atoms with Crippen LogP contribution in [0, 0.1) is 0 Å². The summed E-state index contributed by atoms with van der Waals surface area (Å²) >= 11 is 0. The molecule has 0 radical (unpaired) electrons. The van der Waals surface area contributed by atoms with Gasteiger partial charge in [-0.2, -0.15) is 4.98 Å². The standard InChI is InChI=1S/C19H25N5/c20-12-19(13-6-2-1-3-7-13)10-14(11-19)22-17-15-8-4-5-9-16(15)23-18(21)24-17/h1-3,6-7,14H,4-5,8-12,20H2,(H3,21,22,23,24). The summed E-state index contributed by atoms with van der Waals surface area (Å²) in [6.07, 6.45) is 6.52. The zero-order chi connectivity index (χ0) is 16.6. The van der Waals surface area contributed by atoms with Gasteiger partial charge in [0.25, 0.3) is 0 Å². The maximum atomic E-state index is 6.12. The van der Waals surface area contributed by atoms with E-state index >= 15 is 0 Å². The fraction of sp³-hybridized carbons (Fsp3) is 0.474. The Morgan fingerprint density at radius 1 is 1.08 bits per heavy atom. The molecule has 5 heteroatoms. The SMILES string of the molecule is NCC1(c2ccccc2)CC(Nc2nc(N)nc3c2CCCC3)C1. The van der Waals surface area contributed by atoms with Gasteiger partial charge < -0.3 is 16.8 Å². The van der Waals surface area contributed by atoms with Gasteiger partial charge in [-0.05, 0) is 44.1 Å². The van der Waals surface area contributed by atoms with E-state index in [0.29, 0.717) is 18.5 Å². The van der Waals surface area contributed by atoms with E-state index in [-0.39, 0.29) is 5.41 Å². The van der Waals surface area contributed by atoms with Crippen molar-refractivity contribution in [2.24, 2.45) is 5.73 Å². The Morgan fingerprint density at radius 2 is 1.83 bits per heavy atom. The summed E-state index contributed by atoms with van der Waals surface area (Å²) in [5, 5.41) is 3.62. The second-order valence-corrected chi connectivity index (χ2v) is 7.16. The third-order valence-corrected chi connectivity index (χ3v) is 5.59. The smallest absolute Gasteiger partial charge is 0.222 e. The first-order valence-electron chi connectivity index (χ1n) is 8.87. The minimum Gasteiger partial charge on any atom is -0.368 e. The average Bonchev–Trinajstić information content (AvgIpc) is 2.58. The molecule has 5 nitrogen and oxygen atoms in total. The molecule has 2 aromatic rings. The molecular formula is C19H25N5. The van der Waals surface area contributed by atoms with E-state index in [0.717, 1.165) is 37.2 Å². The number of nitrogens with one attached hydrogen (secondary N) is 1. The Labute approximate surface area is 142 Å². The van der Waals surface area contributed by atoms with Gasteiger partial charge in [-0.3, -0.25) is 0 Å². The van der Waals surface area contributed by atoms with Crippen LogP contribution in [-0.2, 0) is 18.3 Å². The van der Waals surface area contributed by atoms with E-state index in [1.54, 1.807) is 0 Å². The molecule has 0 spiro atoms. The van der Waals surface area contributed by atoms with Crippen LogP contribution in [0.3, 0.4) is 0 Å². The zero-order valence-corrected chi connectivity index (χ0v) is 14.0. The molecule has 2 aliphatic carbocycles. The number of anilines is 2. The molecule has 1 aromatic heterocycles. The number of aromatic nitrogens is 2. The van der Waals surface area contributed by atoms with Crippen LogP contribution < -0.4 is 16.8 Å². The monoisotopic (exact) mass is 323 g/mol. The normalized spacial score (nSPS) is 25.6. The Kier molecular flexibility index (Phi) is 3.88. The molecule has 0 aliphatic heterocycles. The van der Waals surface area contributed by atoms with Gasteiger partial charge in [-0.1, -0.05) is 30.3 Å². The van der Waals surface area contributed by atoms with Crippen LogP contribution >= 0.6 is 0 Å². The van der Waals surface area contributed by atoms with E-state index in [2.05, 4.69) is 45.6 Å². The van der Waals surface area contributed by atoms with Crippen molar-refractivity contribution in [3.05, 3.63) is 47.2 Å². The van der Waals surface area contributed by atoms with Gasteiger partial charge in [0.05, 0.1) is 5.69 Å². The number of rotatable bonds is 4. The van der Waals surface area contributed by atoms with Crippen LogP contribution in [0.1, 0.15) is 42.5 Å². The van der Waals surface area contributed by atoms with E-state index in [1.807, 2.05) is 0 Å². The lowest BCUT2D eigenvalue weighted by atomic mass is 9.61. The topological polar surface area (TPSA) is 89.8 Å². The number of aryl methyl sites for hydroxylation is 1. The highest BCUT2D eigenvalue weighted by molar-refractivity contribution is 5.52. The lowest BCUT2D eigenvalue weighted by Crippen LogP contribution is -2.52. The third kappa shape index (κ3) is 2.63. The number of nitrogens with two attached hydrogens (primary N) is 2. The molecule has 24 heavy (non-hydrogen) atoms. The average molecular weight is 323 g/mol. The predicted molar refractivity (Wildman–Crippen MR) is 96.9 cm³/mol. The molecule has 0 bridgehead atoms. The van der Waals surface area contributed by atoms with Crippen LogP contribution in [0.5, 0.6) is 0 Å². The summed E-state index contributed by atoms with van der Waals surface area (Å²) in [7, 11) is 0. The quantitative estimate of drug-likeness (QED) is 0.804. The molecule has 4 rings (SSSR count). The van der Waals surface area contributed by atoms with E-state index in [4.69, 9.17) is 11.5 Å². The van der Waals surface area contributed by atoms with Gasteiger partial charge in [-0.15, -0.1) is 0 Å². The molecule has 5 N–H and O–H groups in total. The summed E-state index contributed by atoms with van der Waals surface area (Å²) in [5.74, 6) is 1.33. The lowest BCUT2D eigenvalue weighted by molar-refractivity contribution is 0.225. The second kappa shape index (κ2) is 6.06. The molecule has 1 aromatic carbocycles. The number of hydrogen-bond acceptors (Lipinski definition) is 5. The Morgan fingerprint density at radius 3 is 2.58 bits per heavy atom. The fourth-order valence-corrected chi connectivity index (χ4v) is 4.22. The molecule has 0 saturated heterocycles. The van der Waals surface area contributed by atoms with Crippen molar-refractivity contribution in [3.8, 4) is 0 Å². The van der Waals surface area contributed by atoms with Crippen LogP contribution in [0.2, 0.25) is 0 Å². The number of benzene rings is 1. The van der Waals surface area contributed by atoms with Crippen LogP contribution in [0.4, 0.5) is 11.8 Å². The van der Waals surface area contributed by atoms with Gasteiger partial charge in [-0.25, -0.2) is 4.98 Å². The summed E-state index contributed by atoms with van der Waals surface area (Å²) in [5.41, 5.74) is 15.9. The van der Waals surface area contributed by atoms with Gasteiger partial charge in [0.15, 0.2) is 0 Å². The minimum absolute atomic E-state index is 0.0948. The maximum absolute atomic E-state index is 6.12. The number of fused-ring (bicyclic) bond motifs is 1. The van der Waals surface area contributed by atoms with Crippen molar-refractivity contribution in [1.29, 1.82) is 0 Å². The molecule has 1 saturated carbocycles. The molecule has 2 aliphatic rings. The first kappa shape index (κ1) is 15.4. The van der Waals surface area contributed by atoms with Crippen LogP contribution in [-0.4, -0.2) is 22.6 Å². The highest BCUT2D eigenvalue weighted by atomic mass is 15.1. The molecule has 126 valence electrons.